The minimum absolute atomic E-state index is 0.314. The average Bonchev–Trinajstić information content (AvgIpc) is 2.20. The minimum atomic E-state index is -0.314. The molecule has 0 N–H and O–H groups in total. The molecule has 0 saturated carbocycles. The van der Waals surface area contributed by atoms with E-state index >= 15 is 0 Å². The zero-order chi connectivity index (χ0) is 10.8. The predicted molar refractivity (Wildman–Crippen MR) is 57.4 cm³/mol. The summed E-state index contributed by atoms with van der Waals surface area (Å²) in [6, 6.07) is 6.03. The molecule has 0 bridgehead atoms. The van der Waals surface area contributed by atoms with E-state index in [2.05, 4.69) is 4.98 Å². The number of hydrogen-bond acceptors (Lipinski definition) is 2. The molecule has 1 aromatic carbocycles. The normalized spacial score (nSPS) is 10.9. The van der Waals surface area contributed by atoms with E-state index in [9.17, 15) is 4.39 Å². The van der Waals surface area contributed by atoms with Crippen LogP contribution in [0.5, 0.6) is 0 Å². The summed E-state index contributed by atoms with van der Waals surface area (Å²) in [7, 11) is 1.59. The van der Waals surface area contributed by atoms with Crippen LogP contribution in [0, 0.1) is 5.82 Å². The van der Waals surface area contributed by atoms with E-state index in [4.69, 9.17) is 16.3 Å². The number of ether oxygens (including phenoxy) is 1. The maximum Gasteiger partial charge on any atom is 0.124 e. The van der Waals surface area contributed by atoms with Gasteiger partial charge in [-0.3, -0.25) is 4.98 Å². The summed E-state index contributed by atoms with van der Waals surface area (Å²) in [5.41, 5.74) is 1.41. The van der Waals surface area contributed by atoms with Gasteiger partial charge < -0.3 is 4.74 Å². The highest BCUT2D eigenvalue weighted by Crippen LogP contribution is 2.24. The molecule has 0 aliphatic carbocycles. The zero-order valence-electron chi connectivity index (χ0n) is 8.13. The van der Waals surface area contributed by atoms with Crippen molar-refractivity contribution >= 4 is 22.5 Å². The average molecular weight is 226 g/mol. The number of benzene rings is 1. The molecule has 2 aromatic rings. The van der Waals surface area contributed by atoms with E-state index in [1.807, 2.05) is 0 Å². The highest BCUT2D eigenvalue weighted by Gasteiger charge is 2.05. The van der Waals surface area contributed by atoms with Crippen LogP contribution in [-0.2, 0) is 11.3 Å². The van der Waals surface area contributed by atoms with Gasteiger partial charge in [0.05, 0.1) is 22.8 Å². The third-order valence-electron chi connectivity index (χ3n) is 2.07. The molecule has 0 fully saturated rings. The van der Waals surface area contributed by atoms with Crippen molar-refractivity contribution in [2.75, 3.05) is 7.11 Å². The summed E-state index contributed by atoms with van der Waals surface area (Å²) in [4.78, 5) is 4.29. The van der Waals surface area contributed by atoms with Gasteiger partial charge in [-0.2, -0.15) is 0 Å². The van der Waals surface area contributed by atoms with Gasteiger partial charge in [0, 0.05) is 12.5 Å². The molecule has 0 spiro atoms. The molecule has 1 aromatic heterocycles. The standard InChI is InChI=1S/C11H9ClFNO/c1-15-6-8-5-10(12)9-4-7(13)2-3-11(9)14-8/h2-5H,6H2,1H3. The molecule has 2 rings (SSSR count). The van der Waals surface area contributed by atoms with Crippen molar-refractivity contribution in [1.29, 1.82) is 0 Å². The second-order valence-corrected chi connectivity index (χ2v) is 3.60. The summed E-state index contributed by atoms with van der Waals surface area (Å²) in [6.07, 6.45) is 0. The molecule has 0 radical (unpaired) electrons. The van der Waals surface area contributed by atoms with Gasteiger partial charge in [0.25, 0.3) is 0 Å². The van der Waals surface area contributed by atoms with Crippen molar-refractivity contribution in [3.05, 3.63) is 40.8 Å². The first-order valence-electron chi connectivity index (χ1n) is 4.44. The molecule has 0 atom stereocenters. The number of halogens is 2. The van der Waals surface area contributed by atoms with E-state index in [0.717, 1.165) is 5.69 Å². The van der Waals surface area contributed by atoms with Crippen LogP contribution in [-0.4, -0.2) is 12.1 Å². The van der Waals surface area contributed by atoms with Crippen molar-refractivity contribution in [2.45, 2.75) is 6.61 Å². The number of hydrogen-bond donors (Lipinski definition) is 0. The zero-order valence-corrected chi connectivity index (χ0v) is 8.88. The Morgan fingerprint density at radius 3 is 2.93 bits per heavy atom. The Bertz CT molecular complexity index is 501. The van der Waals surface area contributed by atoms with Crippen LogP contribution in [0.25, 0.3) is 10.9 Å². The van der Waals surface area contributed by atoms with Crippen molar-refractivity contribution in [2.24, 2.45) is 0 Å². The second-order valence-electron chi connectivity index (χ2n) is 3.19. The molecule has 0 aliphatic heterocycles. The third kappa shape index (κ3) is 2.08. The number of nitrogens with zero attached hydrogens (tertiary/aromatic N) is 1. The molecule has 0 saturated heterocycles. The molecule has 78 valence electrons. The van der Waals surface area contributed by atoms with Gasteiger partial charge in [0.2, 0.25) is 0 Å². The number of methoxy groups -OCH3 is 1. The topological polar surface area (TPSA) is 22.1 Å². The minimum Gasteiger partial charge on any atom is -0.378 e. The molecule has 4 heteroatoms. The SMILES string of the molecule is COCc1cc(Cl)c2cc(F)ccc2n1. The Hall–Kier alpha value is -1.19. The smallest absolute Gasteiger partial charge is 0.124 e. The molecule has 0 unspecified atom stereocenters. The molecule has 2 nitrogen and oxygen atoms in total. The Morgan fingerprint density at radius 2 is 2.20 bits per heavy atom. The van der Waals surface area contributed by atoms with Gasteiger partial charge in [-0.25, -0.2) is 4.39 Å². The summed E-state index contributed by atoms with van der Waals surface area (Å²) in [5.74, 6) is -0.314. The Kier molecular flexibility index (Phi) is 2.84. The lowest BCUT2D eigenvalue weighted by Crippen LogP contribution is -1.93. The van der Waals surface area contributed by atoms with Crippen LogP contribution in [0.3, 0.4) is 0 Å². The highest BCUT2D eigenvalue weighted by atomic mass is 35.5. The van der Waals surface area contributed by atoms with Gasteiger partial charge in [-0.05, 0) is 24.3 Å². The molecular weight excluding hydrogens is 217 g/mol. The maximum atomic E-state index is 13.0. The van der Waals surface area contributed by atoms with Crippen LogP contribution in [0.1, 0.15) is 5.69 Å². The summed E-state index contributed by atoms with van der Waals surface area (Å²) >= 11 is 6.01. The molecular formula is C11H9ClFNO. The first kappa shape index (κ1) is 10.3. The lowest BCUT2D eigenvalue weighted by Gasteiger charge is -2.04. The van der Waals surface area contributed by atoms with Gasteiger partial charge in [0.1, 0.15) is 5.82 Å². The lowest BCUT2D eigenvalue weighted by molar-refractivity contribution is 0.182. The number of aromatic nitrogens is 1. The predicted octanol–water partition coefficient (Wildman–Crippen LogP) is 3.17. The molecule has 0 amide bonds. The molecule has 15 heavy (non-hydrogen) atoms. The highest BCUT2D eigenvalue weighted by molar-refractivity contribution is 6.35. The van der Waals surface area contributed by atoms with Crippen molar-refractivity contribution < 1.29 is 9.13 Å². The fraction of sp³-hybridized carbons (Fsp3) is 0.182. The fourth-order valence-electron chi connectivity index (χ4n) is 1.43. The van der Waals surface area contributed by atoms with E-state index in [1.54, 1.807) is 19.2 Å². The van der Waals surface area contributed by atoms with E-state index in [-0.39, 0.29) is 5.82 Å². The number of rotatable bonds is 2. The maximum absolute atomic E-state index is 13.0. The molecule has 0 aliphatic rings. The van der Waals surface area contributed by atoms with E-state index in [1.165, 1.54) is 12.1 Å². The van der Waals surface area contributed by atoms with Crippen molar-refractivity contribution in [3.8, 4) is 0 Å². The monoisotopic (exact) mass is 225 g/mol. The quantitative estimate of drug-likeness (QED) is 0.783. The first-order chi connectivity index (χ1) is 7.20. The van der Waals surface area contributed by atoms with Gasteiger partial charge in [-0.1, -0.05) is 11.6 Å². The van der Waals surface area contributed by atoms with Crippen LogP contribution in [0.4, 0.5) is 4.39 Å². The van der Waals surface area contributed by atoms with Crippen molar-refractivity contribution in [3.63, 3.8) is 0 Å². The van der Waals surface area contributed by atoms with Gasteiger partial charge >= 0.3 is 0 Å². The van der Waals surface area contributed by atoms with E-state index < -0.39 is 0 Å². The first-order valence-corrected chi connectivity index (χ1v) is 4.82. The van der Waals surface area contributed by atoms with Crippen molar-refractivity contribution in [1.82, 2.24) is 4.98 Å². The number of pyridine rings is 1. The second kappa shape index (κ2) is 4.13. The number of fused-ring (bicyclic) bond motifs is 1. The third-order valence-corrected chi connectivity index (χ3v) is 2.38. The van der Waals surface area contributed by atoms with Crippen LogP contribution in [0.15, 0.2) is 24.3 Å². The lowest BCUT2D eigenvalue weighted by atomic mass is 10.2. The van der Waals surface area contributed by atoms with Crippen LogP contribution in [0.2, 0.25) is 5.02 Å². The van der Waals surface area contributed by atoms with E-state index in [0.29, 0.717) is 22.5 Å². The fourth-order valence-corrected chi connectivity index (χ4v) is 1.71. The Morgan fingerprint density at radius 1 is 1.40 bits per heavy atom. The Labute approximate surface area is 91.6 Å². The van der Waals surface area contributed by atoms with Gasteiger partial charge in [-0.15, -0.1) is 0 Å². The Balaban J connectivity index is 2.62. The van der Waals surface area contributed by atoms with Crippen LogP contribution >= 0.6 is 11.6 Å². The largest absolute Gasteiger partial charge is 0.378 e. The summed E-state index contributed by atoms with van der Waals surface area (Å²) in [6.45, 7) is 0.396. The summed E-state index contributed by atoms with van der Waals surface area (Å²) < 4.78 is 17.9. The van der Waals surface area contributed by atoms with Gasteiger partial charge in [0.15, 0.2) is 0 Å². The summed E-state index contributed by atoms with van der Waals surface area (Å²) in [5, 5.41) is 1.11. The van der Waals surface area contributed by atoms with Crippen LogP contribution < -0.4 is 0 Å². The molecule has 1 heterocycles.